The van der Waals surface area contributed by atoms with E-state index in [0.717, 1.165) is 0 Å². The first-order valence-corrected chi connectivity index (χ1v) is 4.13. The molecule has 0 fully saturated rings. The highest BCUT2D eigenvalue weighted by Gasteiger charge is 2.07. The highest BCUT2D eigenvalue weighted by molar-refractivity contribution is 6.08. The van der Waals surface area contributed by atoms with Crippen LogP contribution in [0.5, 0.6) is 5.75 Å². The summed E-state index contributed by atoms with van der Waals surface area (Å²) in [7, 11) is 1.38. The zero-order valence-corrected chi connectivity index (χ0v) is 7.57. The average molecular weight is 192 g/mol. The Hall–Kier alpha value is -1.84. The van der Waals surface area contributed by atoms with Crippen molar-refractivity contribution >= 4 is 17.9 Å². The number of carbonyl (C=O) groups is 1. The lowest BCUT2D eigenvalue weighted by Gasteiger charge is -2.00. The number of fused-ring (bicyclic) bond motifs is 1. The minimum atomic E-state index is -0.523. The summed E-state index contributed by atoms with van der Waals surface area (Å²) in [5.74, 6) is 0.108. The Bertz CT molecular complexity index is 550. The number of carbonyl (C=O) groups excluding carboxylic acids is 1. The summed E-state index contributed by atoms with van der Waals surface area (Å²) in [6, 6.07) is 1.51. The minimum Gasteiger partial charge on any atom is -0.490 e. The van der Waals surface area contributed by atoms with Crippen molar-refractivity contribution in [2.45, 2.75) is 6.42 Å². The maximum atomic E-state index is 11.2. The van der Waals surface area contributed by atoms with Gasteiger partial charge >= 0.3 is 5.63 Å². The van der Waals surface area contributed by atoms with Crippen molar-refractivity contribution in [2.24, 2.45) is 0 Å². The maximum absolute atomic E-state index is 11.2. The van der Waals surface area contributed by atoms with Crippen molar-refractivity contribution in [3.8, 4) is 5.75 Å². The van der Waals surface area contributed by atoms with E-state index in [4.69, 9.17) is 9.15 Å². The van der Waals surface area contributed by atoms with Crippen LogP contribution in [0.15, 0.2) is 15.3 Å². The number of ketones is 1. The van der Waals surface area contributed by atoms with Crippen LogP contribution in [0.4, 0.5) is 0 Å². The molecule has 0 aliphatic heterocycles. The van der Waals surface area contributed by atoms with Gasteiger partial charge in [-0.05, 0) is 18.2 Å². The monoisotopic (exact) mass is 192 g/mol. The molecule has 1 heterocycles. The Labute approximate surface area is 79.1 Å². The van der Waals surface area contributed by atoms with Gasteiger partial charge in [0.05, 0.1) is 7.11 Å². The number of ether oxygens (including phenoxy) is 1. The molecule has 1 aliphatic carbocycles. The summed E-state index contributed by atoms with van der Waals surface area (Å²) in [6.45, 7) is 0. The molecule has 1 aromatic heterocycles. The maximum Gasteiger partial charge on any atom is 0.379 e. The van der Waals surface area contributed by atoms with Crippen LogP contribution in [0.25, 0.3) is 12.2 Å². The van der Waals surface area contributed by atoms with Gasteiger partial charge in [-0.3, -0.25) is 4.79 Å². The Balaban J connectivity index is 2.81. The molecule has 0 saturated carbocycles. The van der Waals surface area contributed by atoms with Gasteiger partial charge in [0.25, 0.3) is 0 Å². The second-order valence-electron chi connectivity index (χ2n) is 2.94. The van der Waals surface area contributed by atoms with Crippen molar-refractivity contribution in [1.29, 1.82) is 0 Å². The molecule has 0 saturated heterocycles. The standard InChI is InChI=1S/C10H8O4/c1-13-9-5-6-4-7(11)2-3-8(6)14-10(9)12/h3-5H,2H2,1H3. The molecule has 1 aromatic rings. The van der Waals surface area contributed by atoms with Gasteiger partial charge in [0.1, 0.15) is 5.42 Å². The molecular formula is C10H8O4. The minimum absolute atomic E-state index is 0.00611. The molecule has 0 amide bonds. The quantitative estimate of drug-likeness (QED) is 0.583. The van der Waals surface area contributed by atoms with Gasteiger partial charge < -0.3 is 9.15 Å². The molecule has 14 heavy (non-hydrogen) atoms. The van der Waals surface area contributed by atoms with Gasteiger partial charge in [-0.1, -0.05) is 0 Å². The summed E-state index contributed by atoms with van der Waals surface area (Å²) in [4.78, 5) is 22.3. The van der Waals surface area contributed by atoms with Crippen molar-refractivity contribution in [3.05, 3.63) is 27.1 Å². The molecule has 0 unspecified atom stereocenters. The van der Waals surface area contributed by atoms with E-state index in [1.165, 1.54) is 19.3 Å². The fourth-order valence-corrected chi connectivity index (χ4v) is 1.32. The van der Waals surface area contributed by atoms with Crippen LogP contribution in [-0.4, -0.2) is 12.9 Å². The topological polar surface area (TPSA) is 56.5 Å². The molecule has 72 valence electrons. The second-order valence-corrected chi connectivity index (χ2v) is 2.94. The first-order chi connectivity index (χ1) is 6.70. The largest absolute Gasteiger partial charge is 0.490 e. The van der Waals surface area contributed by atoms with Crippen LogP contribution in [0, 0.1) is 0 Å². The molecule has 0 spiro atoms. The summed E-state index contributed by atoms with van der Waals surface area (Å²) in [5.41, 5.74) is -0.0827. The lowest BCUT2D eigenvalue weighted by Crippen LogP contribution is -2.32. The second kappa shape index (κ2) is 3.14. The highest BCUT2D eigenvalue weighted by atomic mass is 16.5. The van der Waals surface area contributed by atoms with Crippen LogP contribution in [-0.2, 0) is 4.79 Å². The Morgan fingerprint density at radius 3 is 2.93 bits per heavy atom. The molecule has 0 N–H and O–H groups in total. The van der Waals surface area contributed by atoms with Crippen molar-refractivity contribution in [2.75, 3.05) is 7.11 Å². The van der Waals surface area contributed by atoms with E-state index in [9.17, 15) is 9.59 Å². The van der Waals surface area contributed by atoms with Crippen molar-refractivity contribution in [1.82, 2.24) is 0 Å². The summed E-state index contributed by atoms with van der Waals surface area (Å²) in [5, 5.41) is 0.595. The average Bonchev–Trinajstić information content (AvgIpc) is 2.17. The lowest BCUT2D eigenvalue weighted by atomic mass is 10.1. The van der Waals surface area contributed by atoms with Crippen LogP contribution >= 0.6 is 0 Å². The number of methoxy groups -OCH3 is 1. The van der Waals surface area contributed by atoms with Gasteiger partial charge in [-0.25, -0.2) is 4.79 Å². The summed E-state index contributed by atoms with van der Waals surface area (Å²) >= 11 is 0. The van der Waals surface area contributed by atoms with Gasteiger partial charge in [-0.15, -0.1) is 0 Å². The Morgan fingerprint density at radius 2 is 2.21 bits per heavy atom. The van der Waals surface area contributed by atoms with E-state index in [2.05, 4.69) is 0 Å². The third-order valence-corrected chi connectivity index (χ3v) is 2.00. The lowest BCUT2D eigenvalue weighted by molar-refractivity contribution is -0.112. The van der Waals surface area contributed by atoms with Crippen LogP contribution in [0.2, 0.25) is 0 Å². The summed E-state index contributed by atoms with van der Waals surface area (Å²) in [6.07, 6.45) is 3.32. The first-order valence-electron chi connectivity index (χ1n) is 4.13. The summed E-state index contributed by atoms with van der Waals surface area (Å²) < 4.78 is 9.75. The molecule has 4 nitrogen and oxygen atoms in total. The molecule has 0 aromatic carbocycles. The Morgan fingerprint density at radius 1 is 1.43 bits per heavy atom. The van der Waals surface area contributed by atoms with Crippen LogP contribution in [0.1, 0.15) is 6.42 Å². The van der Waals surface area contributed by atoms with E-state index in [1.807, 2.05) is 0 Å². The predicted molar refractivity (Wildman–Crippen MR) is 49.3 cm³/mol. The molecule has 2 rings (SSSR count). The molecule has 4 heteroatoms. The molecular weight excluding hydrogens is 184 g/mol. The first kappa shape index (κ1) is 8.74. The van der Waals surface area contributed by atoms with Crippen LogP contribution < -0.4 is 21.0 Å². The van der Waals surface area contributed by atoms with E-state index in [-0.39, 0.29) is 18.0 Å². The fraction of sp³-hybridized carbons (Fsp3) is 0.200. The van der Waals surface area contributed by atoms with Crippen LogP contribution in [0.3, 0.4) is 0 Å². The molecule has 0 atom stereocenters. The smallest absolute Gasteiger partial charge is 0.379 e. The third kappa shape index (κ3) is 1.35. The number of hydrogen-bond donors (Lipinski definition) is 0. The predicted octanol–water partition coefficient (Wildman–Crippen LogP) is -0.818. The van der Waals surface area contributed by atoms with Crippen molar-refractivity contribution in [3.63, 3.8) is 0 Å². The number of hydrogen-bond acceptors (Lipinski definition) is 4. The van der Waals surface area contributed by atoms with Crippen molar-refractivity contribution < 1.29 is 13.9 Å². The molecule has 0 bridgehead atoms. The van der Waals surface area contributed by atoms with Gasteiger partial charge in [0, 0.05) is 11.6 Å². The number of rotatable bonds is 1. The van der Waals surface area contributed by atoms with Gasteiger partial charge in [0.2, 0.25) is 5.75 Å². The van der Waals surface area contributed by atoms with Gasteiger partial charge in [0.15, 0.2) is 5.78 Å². The highest BCUT2D eigenvalue weighted by Crippen LogP contribution is 1.96. The SMILES string of the molecule is COc1cc2c(oc1=O)=CCC(=O)C=2. The Kier molecular flexibility index (Phi) is 1.96. The normalized spacial score (nSPS) is 13.9. The third-order valence-electron chi connectivity index (χ3n) is 2.00. The van der Waals surface area contributed by atoms with Gasteiger partial charge in [-0.2, -0.15) is 0 Å². The molecule has 0 radical (unpaired) electrons. The molecule has 1 aliphatic rings. The zero-order valence-electron chi connectivity index (χ0n) is 7.57. The number of Topliss-reactive ketones (excluding diaryl/α,β-unsaturated/α-hetero) is 1. The fourth-order valence-electron chi connectivity index (χ4n) is 1.32. The van der Waals surface area contributed by atoms with E-state index >= 15 is 0 Å². The van der Waals surface area contributed by atoms with E-state index in [1.54, 1.807) is 6.08 Å². The van der Waals surface area contributed by atoms with E-state index in [0.29, 0.717) is 10.6 Å². The van der Waals surface area contributed by atoms with E-state index < -0.39 is 5.63 Å². The zero-order chi connectivity index (χ0) is 10.1.